The molecule has 1 aromatic rings. The van der Waals surface area contributed by atoms with Gasteiger partial charge in [-0.25, -0.2) is 0 Å². The maximum atomic E-state index is 12.1. The maximum Gasteiger partial charge on any atom is 0.236 e. The number of carbonyl (C=O) groups excluding carboxylic acids is 2. The number of hydrogen-bond acceptors (Lipinski definition) is 3. The average Bonchev–Trinajstić information content (AvgIpc) is 2.50. The van der Waals surface area contributed by atoms with Gasteiger partial charge in [-0.1, -0.05) is 18.2 Å². The smallest absolute Gasteiger partial charge is 0.236 e. The van der Waals surface area contributed by atoms with E-state index in [1.54, 1.807) is 4.90 Å². The number of fused-ring (bicyclic) bond motifs is 1. The zero-order chi connectivity index (χ0) is 13.1. The molecule has 0 spiro atoms. The van der Waals surface area contributed by atoms with Gasteiger partial charge in [0.25, 0.3) is 0 Å². The molecule has 1 unspecified atom stereocenters. The molecule has 0 aliphatic carbocycles. The van der Waals surface area contributed by atoms with Crippen LogP contribution < -0.4 is 16.4 Å². The standard InChI is InChI=1S/C13H17N3O2/c14-10(13(15)18)8-16-11-6-2-1-4-9(11)5-3-7-12(16)17/h1-2,4,6,10H,3,5,7-8,14H2,(H2,15,18). The number of nitrogens with two attached hydrogens (primary N) is 2. The Hall–Kier alpha value is -1.88. The largest absolute Gasteiger partial charge is 0.368 e. The Kier molecular flexibility index (Phi) is 3.62. The Morgan fingerprint density at radius 1 is 1.33 bits per heavy atom. The van der Waals surface area contributed by atoms with Crippen LogP contribution in [0.4, 0.5) is 5.69 Å². The Balaban J connectivity index is 2.31. The van der Waals surface area contributed by atoms with Crippen LogP contribution in [0, 0.1) is 0 Å². The van der Waals surface area contributed by atoms with Gasteiger partial charge in [-0.05, 0) is 24.5 Å². The molecular weight excluding hydrogens is 230 g/mol. The summed E-state index contributed by atoms with van der Waals surface area (Å²) in [6.07, 6.45) is 2.16. The topological polar surface area (TPSA) is 89.4 Å². The predicted molar refractivity (Wildman–Crippen MR) is 68.9 cm³/mol. The van der Waals surface area contributed by atoms with E-state index in [-0.39, 0.29) is 12.5 Å². The third-order valence-electron chi connectivity index (χ3n) is 3.16. The summed E-state index contributed by atoms with van der Waals surface area (Å²) in [5.41, 5.74) is 12.8. The average molecular weight is 247 g/mol. The quantitative estimate of drug-likeness (QED) is 0.797. The van der Waals surface area contributed by atoms with Crippen molar-refractivity contribution in [1.82, 2.24) is 0 Å². The third kappa shape index (κ3) is 2.51. The fourth-order valence-corrected chi connectivity index (χ4v) is 2.17. The molecule has 1 aromatic carbocycles. The van der Waals surface area contributed by atoms with E-state index < -0.39 is 11.9 Å². The highest BCUT2D eigenvalue weighted by atomic mass is 16.2. The lowest BCUT2D eigenvalue weighted by molar-refractivity contribution is -0.119. The van der Waals surface area contributed by atoms with Crippen LogP contribution in [0.15, 0.2) is 24.3 Å². The molecule has 18 heavy (non-hydrogen) atoms. The number of hydrogen-bond donors (Lipinski definition) is 2. The first-order valence-corrected chi connectivity index (χ1v) is 6.03. The van der Waals surface area contributed by atoms with Crippen molar-refractivity contribution in [2.24, 2.45) is 11.5 Å². The maximum absolute atomic E-state index is 12.1. The van der Waals surface area contributed by atoms with Crippen LogP contribution >= 0.6 is 0 Å². The normalized spacial score (nSPS) is 16.9. The number of para-hydroxylation sites is 1. The Labute approximate surface area is 106 Å². The molecular formula is C13H17N3O2. The number of nitrogens with zero attached hydrogens (tertiary/aromatic N) is 1. The summed E-state index contributed by atoms with van der Waals surface area (Å²) in [6, 6.07) is 6.87. The minimum atomic E-state index is -0.833. The minimum Gasteiger partial charge on any atom is -0.368 e. The van der Waals surface area contributed by atoms with Crippen molar-refractivity contribution in [2.75, 3.05) is 11.4 Å². The Bertz CT molecular complexity index is 473. The second-order valence-corrected chi connectivity index (χ2v) is 4.50. The van der Waals surface area contributed by atoms with Gasteiger partial charge >= 0.3 is 0 Å². The van der Waals surface area contributed by atoms with Crippen LogP contribution in [0.2, 0.25) is 0 Å². The number of primary amides is 1. The fraction of sp³-hybridized carbons (Fsp3) is 0.385. The molecule has 0 saturated heterocycles. The molecule has 1 aliphatic rings. The lowest BCUT2D eigenvalue weighted by Crippen LogP contribution is -2.48. The summed E-state index contributed by atoms with van der Waals surface area (Å²) in [6.45, 7) is 0.144. The zero-order valence-corrected chi connectivity index (χ0v) is 10.1. The highest BCUT2D eigenvalue weighted by Crippen LogP contribution is 2.26. The molecule has 4 N–H and O–H groups in total. The number of anilines is 1. The van der Waals surface area contributed by atoms with E-state index in [1.165, 1.54) is 0 Å². The van der Waals surface area contributed by atoms with Crippen molar-refractivity contribution in [1.29, 1.82) is 0 Å². The predicted octanol–water partition coefficient (Wildman–Crippen LogP) is 0.169. The monoisotopic (exact) mass is 247 g/mol. The van der Waals surface area contributed by atoms with Crippen molar-refractivity contribution >= 4 is 17.5 Å². The first-order chi connectivity index (χ1) is 8.59. The van der Waals surface area contributed by atoms with Gasteiger partial charge in [-0.15, -0.1) is 0 Å². The van der Waals surface area contributed by atoms with E-state index in [0.717, 1.165) is 24.1 Å². The summed E-state index contributed by atoms with van der Waals surface area (Å²) >= 11 is 0. The first-order valence-electron chi connectivity index (χ1n) is 6.03. The van der Waals surface area contributed by atoms with Crippen molar-refractivity contribution in [3.05, 3.63) is 29.8 Å². The molecule has 0 aromatic heterocycles. The second-order valence-electron chi connectivity index (χ2n) is 4.50. The van der Waals surface area contributed by atoms with Crippen molar-refractivity contribution < 1.29 is 9.59 Å². The highest BCUT2D eigenvalue weighted by Gasteiger charge is 2.25. The molecule has 5 heteroatoms. The van der Waals surface area contributed by atoms with E-state index >= 15 is 0 Å². The third-order valence-corrected chi connectivity index (χ3v) is 3.16. The van der Waals surface area contributed by atoms with Crippen molar-refractivity contribution in [3.63, 3.8) is 0 Å². The van der Waals surface area contributed by atoms with Crippen LogP contribution in [0.25, 0.3) is 0 Å². The van der Waals surface area contributed by atoms with E-state index in [2.05, 4.69) is 0 Å². The number of rotatable bonds is 3. The Morgan fingerprint density at radius 3 is 2.78 bits per heavy atom. The summed E-state index contributed by atoms with van der Waals surface area (Å²) in [7, 11) is 0. The summed E-state index contributed by atoms with van der Waals surface area (Å²) in [4.78, 5) is 24.7. The van der Waals surface area contributed by atoms with Crippen LogP contribution in [-0.4, -0.2) is 24.4 Å². The van der Waals surface area contributed by atoms with E-state index in [9.17, 15) is 9.59 Å². The van der Waals surface area contributed by atoms with Crippen molar-refractivity contribution in [2.45, 2.75) is 25.3 Å². The molecule has 0 saturated carbocycles. The van der Waals surface area contributed by atoms with Gasteiger partial charge in [0.2, 0.25) is 11.8 Å². The molecule has 96 valence electrons. The molecule has 0 fully saturated rings. The number of carbonyl (C=O) groups is 2. The SMILES string of the molecule is NC(=O)C(N)CN1C(=O)CCCc2ccccc21. The first kappa shape index (κ1) is 12.6. The van der Waals surface area contributed by atoms with E-state index in [0.29, 0.717) is 6.42 Å². The summed E-state index contributed by atoms with van der Waals surface area (Å²) < 4.78 is 0. The van der Waals surface area contributed by atoms with Gasteiger partial charge in [-0.3, -0.25) is 9.59 Å². The van der Waals surface area contributed by atoms with Gasteiger partial charge in [0.05, 0.1) is 6.54 Å². The van der Waals surface area contributed by atoms with Crippen molar-refractivity contribution in [3.8, 4) is 0 Å². The van der Waals surface area contributed by atoms with Crippen LogP contribution in [0.3, 0.4) is 0 Å². The van der Waals surface area contributed by atoms with E-state index in [1.807, 2.05) is 24.3 Å². The van der Waals surface area contributed by atoms with E-state index in [4.69, 9.17) is 11.5 Å². The number of aryl methyl sites for hydroxylation is 1. The van der Waals surface area contributed by atoms with Gasteiger partial charge in [-0.2, -0.15) is 0 Å². The lowest BCUT2D eigenvalue weighted by atomic mass is 10.1. The molecule has 0 bridgehead atoms. The molecule has 1 atom stereocenters. The molecule has 5 nitrogen and oxygen atoms in total. The molecule has 1 aliphatic heterocycles. The van der Waals surface area contributed by atoms with Crippen LogP contribution in [0.1, 0.15) is 18.4 Å². The second kappa shape index (κ2) is 5.18. The summed E-state index contributed by atoms with van der Waals surface area (Å²) in [5.74, 6) is -0.596. The van der Waals surface area contributed by atoms with Gasteiger partial charge < -0.3 is 16.4 Å². The molecule has 1 heterocycles. The highest BCUT2D eigenvalue weighted by molar-refractivity contribution is 5.96. The molecule has 2 amide bonds. The van der Waals surface area contributed by atoms with Crippen LogP contribution in [-0.2, 0) is 16.0 Å². The number of amides is 2. The van der Waals surface area contributed by atoms with Gasteiger partial charge in [0.1, 0.15) is 6.04 Å². The van der Waals surface area contributed by atoms with Gasteiger partial charge in [0.15, 0.2) is 0 Å². The molecule has 0 radical (unpaired) electrons. The van der Waals surface area contributed by atoms with Crippen LogP contribution in [0.5, 0.6) is 0 Å². The lowest BCUT2D eigenvalue weighted by Gasteiger charge is -2.25. The Morgan fingerprint density at radius 2 is 2.06 bits per heavy atom. The van der Waals surface area contributed by atoms with Gasteiger partial charge in [0, 0.05) is 12.1 Å². The summed E-state index contributed by atoms with van der Waals surface area (Å²) in [5, 5.41) is 0. The molecule has 2 rings (SSSR count). The zero-order valence-electron chi connectivity index (χ0n) is 10.1. The minimum absolute atomic E-state index is 0.00310. The fourth-order valence-electron chi connectivity index (χ4n) is 2.17. The number of benzene rings is 1.